The van der Waals surface area contributed by atoms with Crippen LogP contribution in [-0.4, -0.2) is 25.8 Å². The smallest absolute Gasteiger partial charge is 0.337 e. The topological polar surface area (TPSA) is 68.0 Å². The monoisotopic (exact) mass is 349 g/mol. The molecule has 0 unspecified atom stereocenters. The highest BCUT2D eigenvalue weighted by molar-refractivity contribution is 6.36. The Bertz CT molecular complexity index is 885. The first-order valence-electron chi connectivity index (χ1n) is 7.03. The molecule has 0 atom stereocenters. The third-order valence-electron chi connectivity index (χ3n) is 3.61. The van der Waals surface area contributed by atoms with Crippen molar-refractivity contribution < 1.29 is 9.90 Å². The van der Waals surface area contributed by atoms with Crippen LogP contribution in [0, 0.1) is 0 Å². The summed E-state index contributed by atoms with van der Waals surface area (Å²) >= 11 is 12.4. The molecule has 7 heteroatoms. The zero-order valence-corrected chi connectivity index (χ0v) is 13.8. The number of halogens is 2. The third-order valence-corrected chi connectivity index (χ3v) is 4.32. The van der Waals surface area contributed by atoms with Gasteiger partial charge in [0.1, 0.15) is 5.52 Å². The van der Waals surface area contributed by atoms with E-state index in [-0.39, 0.29) is 5.56 Å². The lowest BCUT2D eigenvalue weighted by Crippen LogP contribution is -2.04. The highest BCUT2D eigenvalue weighted by Gasteiger charge is 2.16. The van der Waals surface area contributed by atoms with E-state index in [2.05, 4.69) is 10.1 Å². The molecule has 0 spiro atoms. The minimum absolute atomic E-state index is 0.117. The molecule has 23 heavy (non-hydrogen) atoms. The van der Waals surface area contributed by atoms with Crippen LogP contribution in [0.5, 0.6) is 0 Å². The van der Waals surface area contributed by atoms with Gasteiger partial charge in [-0.2, -0.15) is 5.10 Å². The molecule has 118 valence electrons. The fraction of sp³-hybridized carbons (Fsp3) is 0.188. The van der Waals surface area contributed by atoms with Crippen LogP contribution in [0.15, 0.2) is 30.5 Å². The highest BCUT2D eigenvalue weighted by atomic mass is 35.5. The summed E-state index contributed by atoms with van der Waals surface area (Å²) in [5, 5.41) is 14.8. The van der Waals surface area contributed by atoms with E-state index in [1.165, 1.54) is 6.20 Å². The molecule has 2 heterocycles. The average molecular weight is 350 g/mol. The number of pyridine rings is 1. The lowest BCUT2D eigenvalue weighted by atomic mass is 10.2. The quantitative estimate of drug-likeness (QED) is 0.771. The highest BCUT2D eigenvalue weighted by Crippen LogP contribution is 2.27. The summed E-state index contributed by atoms with van der Waals surface area (Å²) in [5.74, 6) is -1.03. The number of aromatic carboxylic acids is 1. The first kappa shape index (κ1) is 15.8. The van der Waals surface area contributed by atoms with Crippen LogP contribution in [0.3, 0.4) is 0 Å². The second-order valence-corrected chi connectivity index (χ2v) is 5.87. The summed E-state index contributed by atoms with van der Waals surface area (Å²) in [6.07, 6.45) is 2.04. The fourth-order valence-electron chi connectivity index (χ4n) is 2.43. The Kier molecular flexibility index (Phi) is 4.24. The maximum Gasteiger partial charge on any atom is 0.337 e. The predicted octanol–water partition coefficient (Wildman–Crippen LogP) is 4.05. The van der Waals surface area contributed by atoms with Gasteiger partial charge in [-0.1, -0.05) is 36.2 Å². The first-order chi connectivity index (χ1) is 11.0. The number of benzene rings is 1. The van der Waals surface area contributed by atoms with Crippen LogP contribution in [0.1, 0.15) is 28.5 Å². The molecule has 0 bridgehead atoms. The molecule has 0 saturated heterocycles. The zero-order chi connectivity index (χ0) is 16.6. The van der Waals surface area contributed by atoms with Gasteiger partial charge >= 0.3 is 5.97 Å². The van der Waals surface area contributed by atoms with Crippen molar-refractivity contribution in [3.05, 3.63) is 57.3 Å². The Balaban J connectivity index is 2.16. The molecule has 0 aliphatic carbocycles. The van der Waals surface area contributed by atoms with E-state index >= 15 is 0 Å². The summed E-state index contributed by atoms with van der Waals surface area (Å²) < 4.78 is 1.70. The van der Waals surface area contributed by atoms with Crippen molar-refractivity contribution in [1.29, 1.82) is 0 Å². The van der Waals surface area contributed by atoms with Gasteiger partial charge in [0.25, 0.3) is 0 Å². The molecule has 3 rings (SSSR count). The van der Waals surface area contributed by atoms with E-state index in [0.29, 0.717) is 34.0 Å². The summed E-state index contributed by atoms with van der Waals surface area (Å²) in [7, 11) is 0. The minimum atomic E-state index is -1.03. The molecule has 0 radical (unpaired) electrons. The van der Waals surface area contributed by atoms with Crippen molar-refractivity contribution >= 4 is 40.2 Å². The van der Waals surface area contributed by atoms with Crippen molar-refractivity contribution in [3.8, 4) is 0 Å². The molecule has 0 saturated carbocycles. The lowest BCUT2D eigenvalue weighted by molar-refractivity contribution is 0.0696. The Morgan fingerprint density at radius 1 is 1.30 bits per heavy atom. The maximum atomic E-state index is 11.2. The van der Waals surface area contributed by atoms with Crippen molar-refractivity contribution in [2.24, 2.45) is 0 Å². The number of fused-ring (bicyclic) bond motifs is 1. The van der Waals surface area contributed by atoms with Gasteiger partial charge in [-0.25, -0.2) is 4.79 Å². The number of carboxylic acids is 1. The number of aromatic nitrogens is 3. The van der Waals surface area contributed by atoms with Gasteiger partial charge < -0.3 is 5.11 Å². The second-order valence-electron chi connectivity index (χ2n) is 5.05. The predicted molar refractivity (Wildman–Crippen MR) is 89.4 cm³/mol. The molecule has 0 aliphatic heterocycles. The van der Waals surface area contributed by atoms with E-state index < -0.39 is 5.97 Å². The van der Waals surface area contributed by atoms with Crippen LogP contribution in [0.2, 0.25) is 10.0 Å². The molecular formula is C16H13Cl2N3O2. The van der Waals surface area contributed by atoms with E-state index in [1.54, 1.807) is 28.9 Å². The SMILES string of the molecule is CCc1nn(Cc2c(Cl)cccc2Cl)c2cc(C(=O)O)cnc12. The van der Waals surface area contributed by atoms with Crippen molar-refractivity contribution in [1.82, 2.24) is 14.8 Å². The number of rotatable bonds is 4. The molecular weight excluding hydrogens is 337 g/mol. The Morgan fingerprint density at radius 2 is 2.00 bits per heavy atom. The number of carbonyl (C=O) groups is 1. The van der Waals surface area contributed by atoms with Crippen LogP contribution < -0.4 is 0 Å². The standard InChI is InChI=1S/C16H13Cl2N3O2/c1-2-13-15-14(6-9(7-19-15)16(22)23)21(20-13)8-10-11(17)4-3-5-12(10)18/h3-7H,2,8H2,1H3,(H,22,23). The van der Waals surface area contributed by atoms with E-state index in [0.717, 1.165) is 11.3 Å². The first-order valence-corrected chi connectivity index (χ1v) is 7.78. The maximum absolute atomic E-state index is 11.2. The lowest BCUT2D eigenvalue weighted by Gasteiger charge is -2.08. The molecule has 2 aromatic heterocycles. The van der Waals surface area contributed by atoms with Gasteiger partial charge in [0.2, 0.25) is 0 Å². The van der Waals surface area contributed by atoms with Gasteiger partial charge in [0, 0.05) is 21.8 Å². The number of carboxylic acid groups (broad SMARTS) is 1. The number of hydrogen-bond donors (Lipinski definition) is 1. The third kappa shape index (κ3) is 2.90. The minimum Gasteiger partial charge on any atom is -0.478 e. The van der Waals surface area contributed by atoms with Crippen LogP contribution in [-0.2, 0) is 13.0 Å². The van der Waals surface area contributed by atoms with Crippen LogP contribution in [0.25, 0.3) is 11.0 Å². The van der Waals surface area contributed by atoms with E-state index in [1.807, 2.05) is 6.92 Å². The fourth-order valence-corrected chi connectivity index (χ4v) is 2.94. The van der Waals surface area contributed by atoms with Crippen LogP contribution >= 0.6 is 23.2 Å². The summed E-state index contributed by atoms with van der Waals surface area (Å²) in [6, 6.07) is 6.87. The molecule has 5 nitrogen and oxygen atoms in total. The Labute approximate surface area is 142 Å². The molecule has 0 amide bonds. The van der Waals surface area contributed by atoms with Gasteiger partial charge in [0.05, 0.1) is 23.3 Å². The van der Waals surface area contributed by atoms with Crippen molar-refractivity contribution in [2.75, 3.05) is 0 Å². The Hall–Kier alpha value is -2.11. The van der Waals surface area contributed by atoms with Gasteiger partial charge in [-0.05, 0) is 24.6 Å². The van der Waals surface area contributed by atoms with Crippen molar-refractivity contribution in [2.45, 2.75) is 19.9 Å². The molecule has 1 aromatic carbocycles. The van der Waals surface area contributed by atoms with E-state index in [9.17, 15) is 4.79 Å². The summed E-state index contributed by atoms with van der Waals surface area (Å²) in [4.78, 5) is 15.4. The normalized spacial score (nSPS) is 11.1. The zero-order valence-electron chi connectivity index (χ0n) is 12.3. The Morgan fingerprint density at radius 3 is 2.61 bits per heavy atom. The number of aryl methyl sites for hydroxylation is 1. The number of hydrogen-bond acceptors (Lipinski definition) is 3. The second kappa shape index (κ2) is 6.18. The van der Waals surface area contributed by atoms with Crippen molar-refractivity contribution in [3.63, 3.8) is 0 Å². The summed E-state index contributed by atoms with van der Waals surface area (Å²) in [6.45, 7) is 2.32. The number of nitrogens with zero attached hydrogens (tertiary/aromatic N) is 3. The van der Waals surface area contributed by atoms with Gasteiger partial charge in [0.15, 0.2) is 0 Å². The molecule has 0 fully saturated rings. The van der Waals surface area contributed by atoms with Gasteiger partial charge in [-0.15, -0.1) is 0 Å². The molecule has 3 aromatic rings. The van der Waals surface area contributed by atoms with Gasteiger partial charge in [-0.3, -0.25) is 9.67 Å². The molecule has 0 aliphatic rings. The van der Waals surface area contributed by atoms with E-state index in [4.69, 9.17) is 28.3 Å². The average Bonchev–Trinajstić information content (AvgIpc) is 2.88. The molecule has 1 N–H and O–H groups in total. The largest absolute Gasteiger partial charge is 0.478 e. The van der Waals surface area contributed by atoms with Crippen LogP contribution in [0.4, 0.5) is 0 Å². The summed E-state index contributed by atoms with van der Waals surface area (Å²) in [5.41, 5.74) is 3.01.